The SMILES string of the molecule is CS(=O)(=O)c1ccc(-c2ccc3cnc(Nc4cnccc4N4CCCC(N)C4)n3n2)c(F)c1. The van der Waals surface area contributed by atoms with Crippen molar-refractivity contribution in [1.29, 1.82) is 0 Å². The molecule has 11 heteroatoms. The molecule has 0 radical (unpaired) electrons. The van der Waals surface area contributed by atoms with Crippen molar-refractivity contribution in [3.8, 4) is 11.3 Å². The second-order valence-electron chi connectivity index (χ2n) is 8.42. The summed E-state index contributed by atoms with van der Waals surface area (Å²) in [7, 11) is -3.51. The Morgan fingerprint density at radius 2 is 2.03 bits per heavy atom. The monoisotopic (exact) mass is 481 g/mol. The lowest BCUT2D eigenvalue weighted by molar-refractivity contribution is 0.506. The molecule has 1 aliphatic rings. The fourth-order valence-electron chi connectivity index (χ4n) is 4.15. The van der Waals surface area contributed by atoms with Gasteiger partial charge in [-0.25, -0.2) is 17.8 Å². The quantitative estimate of drug-likeness (QED) is 0.447. The van der Waals surface area contributed by atoms with Crippen LogP contribution in [-0.4, -0.2) is 53.4 Å². The van der Waals surface area contributed by atoms with Crippen LogP contribution in [0.4, 0.5) is 21.7 Å². The topological polar surface area (TPSA) is 119 Å². The maximum atomic E-state index is 14.8. The molecule has 3 N–H and O–H groups in total. The van der Waals surface area contributed by atoms with E-state index < -0.39 is 15.7 Å². The number of nitrogens with two attached hydrogens (primary N) is 1. The van der Waals surface area contributed by atoms with Crippen molar-refractivity contribution < 1.29 is 12.8 Å². The number of hydrogen-bond donors (Lipinski definition) is 2. The van der Waals surface area contributed by atoms with Crippen LogP contribution < -0.4 is 16.0 Å². The molecule has 1 aliphatic heterocycles. The second kappa shape index (κ2) is 8.65. The number of piperidine rings is 1. The number of sulfone groups is 1. The molecule has 176 valence electrons. The molecule has 34 heavy (non-hydrogen) atoms. The molecule has 9 nitrogen and oxygen atoms in total. The molecule has 4 aromatic rings. The molecule has 5 rings (SSSR count). The Bertz CT molecular complexity index is 1470. The lowest BCUT2D eigenvalue weighted by Crippen LogP contribution is -2.43. The van der Waals surface area contributed by atoms with Crippen LogP contribution in [0, 0.1) is 5.82 Å². The molecule has 1 atom stereocenters. The van der Waals surface area contributed by atoms with E-state index in [1.54, 1.807) is 35.2 Å². The van der Waals surface area contributed by atoms with Crippen molar-refractivity contribution >= 4 is 32.7 Å². The van der Waals surface area contributed by atoms with Gasteiger partial charge in [0.1, 0.15) is 5.82 Å². The summed E-state index contributed by atoms with van der Waals surface area (Å²) in [6, 6.07) is 9.31. The molecular weight excluding hydrogens is 457 g/mol. The lowest BCUT2D eigenvalue weighted by Gasteiger charge is -2.33. The highest BCUT2D eigenvalue weighted by atomic mass is 32.2. The molecule has 0 spiro atoms. The van der Waals surface area contributed by atoms with Crippen LogP contribution in [0.25, 0.3) is 16.8 Å². The fraction of sp³-hybridized carbons (Fsp3) is 0.261. The third-order valence-corrected chi connectivity index (χ3v) is 6.98. The van der Waals surface area contributed by atoms with Crippen LogP contribution in [0.3, 0.4) is 0 Å². The van der Waals surface area contributed by atoms with Gasteiger partial charge in [-0.2, -0.15) is 9.61 Å². The first kappa shape index (κ1) is 22.2. The molecule has 0 saturated carbocycles. The molecule has 0 aliphatic carbocycles. The van der Waals surface area contributed by atoms with Crippen molar-refractivity contribution in [3.05, 3.63) is 60.8 Å². The van der Waals surface area contributed by atoms with Crippen LogP contribution in [-0.2, 0) is 9.84 Å². The molecule has 4 heterocycles. The number of nitrogens with one attached hydrogen (secondary N) is 1. The Morgan fingerprint density at radius 3 is 2.79 bits per heavy atom. The van der Waals surface area contributed by atoms with E-state index in [-0.39, 0.29) is 16.5 Å². The molecular formula is C23H24FN7O2S. The zero-order valence-corrected chi connectivity index (χ0v) is 19.3. The van der Waals surface area contributed by atoms with Crippen molar-refractivity contribution in [2.24, 2.45) is 5.73 Å². The normalized spacial score (nSPS) is 16.7. The lowest BCUT2D eigenvalue weighted by atomic mass is 10.1. The number of aromatic nitrogens is 4. The largest absolute Gasteiger partial charge is 0.368 e. The number of nitrogens with zero attached hydrogens (tertiary/aromatic N) is 5. The van der Waals surface area contributed by atoms with Gasteiger partial charge in [0, 0.05) is 37.1 Å². The number of imidazole rings is 1. The van der Waals surface area contributed by atoms with Gasteiger partial charge in [0.15, 0.2) is 9.84 Å². The molecule has 1 saturated heterocycles. The standard InChI is InChI=1S/C23H24FN7O2S/c1-34(32,33)17-5-6-18(19(24)11-17)20-7-4-16-12-27-23(31(16)29-20)28-21-13-26-9-8-22(21)30-10-2-3-15(25)14-30/h4-9,11-13,15H,2-3,10,14,25H2,1H3,(H,27,28). The molecule has 1 fully saturated rings. The van der Waals surface area contributed by atoms with Crippen LogP contribution in [0.5, 0.6) is 0 Å². The minimum atomic E-state index is -3.51. The van der Waals surface area contributed by atoms with Gasteiger partial charge in [0.25, 0.3) is 0 Å². The highest BCUT2D eigenvalue weighted by Gasteiger charge is 2.20. The molecule has 1 aromatic carbocycles. The Labute approximate surface area is 196 Å². The predicted molar refractivity (Wildman–Crippen MR) is 128 cm³/mol. The highest BCUT2D eigenvalue weighted by Crippen LogP contribution is 2.30. The van der Waals surface area contributed by atoms with Crippen molar-refractivity contribution in [3.63, 3.8) is 0 Å². The zero-order valence-electron chi connectivity index (χ0n) is 18.5. The second-order valence-corrected chi connectivity index (χ2v) is 10.4. The van der Waals surface area contributed by atoms with Crippen LogP contribution >= 0.6 is 0 Å². The Hall–Kier alpha value is -3.57. The average molecular weight is 482 g/mol. The highest BCUT2D eigenvalue weighted by molar-refractivity contribution is 7.90. The van der Waals surface area contributed by atoms with Crippen LogP contribution in [0.1, 0.15) is 12.8 Å². The summed E-state index contributed by atoms with van der Waals surface area (Å²) in [6.45, 7) is 1.66. The summed E-state index contributed by atoms with van der Waals surface area (Å²) in [4.78, 5) is 10.8. The van der Waals surface area contributed by atoms with Crippen LogP contribution in [0.15, 0.2) is 59.9 Å². The summed E-state index contributed by atoms with van der Waals surface area (Å²) < 4.78 is 39.8. The Morgan fingerprint density at radius 1 is 1.18 bits per heavy atom. The number of halogens is 1. The number of pyridine rings is 1. The van der Waals surface area contributed by atoms with Crippen molar-refractivity contribution in [2.75, 3.05) is 29.6 Å². The average Bonchev–Trinajstić information content (AvgIpc) is 3.21. The van der Waals surface area contributed by atoms with E-state index in [4.69, 9.17) is 5.73 Å². The third-order valence-electron chi connectivity index (χ3n) is 5.87. The smallest absolute Gasteiger partial charge is 0.229 e. The first-order chi connectivity index (χ1) is 16.3. The Kier molecular flexibility index (Phi) is 5.66. The van der Waals surface area contributed by atoms with Gasteiger partial charge in [-0.1, -0.05) is 0 Å². The maximum absolute atomic E-state index is 14.8. The minimum absolute atomic E-state index is 0.0821. The van der Waals surface area contributed by atoms with Gasteiger partial charge in [-0.15, -0.1) is 0 Å². The first-order valence-electron chi connectivity index (χ1n) is 10.9. The summed E-state index contributed by atoms with van der Waals surface area (Å²) in [5.41, 5.74) is 9.16. The molecule has 0 amide bonds. The zero-order chi connectivity index (χ0) is 23.9. The number of fused-ring (bicyclic) bond motifs is 1. The number of rotatable bonds is 5. The maximum Gasteiger partial charge on any atom is 0.229 e. The minimum Gasteiger partial charge on any atom is -0.368 e. The number of anilines is 3. The van der Waals surface area contributed by atoms with Crippen molar-refractivity contribution in [2.45, 2.75) is 23.8 Å². The third kappa shape index (κ3) is 4.31. The molecule has 3 aromatic heterocycles. The van der Waals surface area contributed by atoms with E-state index in [1.165, 1.54) is 12.1 Å². The van der Waals surface area contributed by atoms with Gasteiger partial charge in [0.2, 0.25) is 5.95 Å². The van der Waals surface area contributed by atoms with Gasteiger partial charge in [0.05, 0.1) is 39.9 Å². The van der Waals surface area contributed by atoms with E-state index in [1.807, 2.05) is 6.07 Å². The van der Waals surface area contributed by atoms with Gasteiger partial charge < -0.3 is 16.0 Å². The summed E-state index contributed by atoms with van der Waals surface area (Å²) >= 11 is 0. The van der Waals surface area contributed by atoms with E-state index in [0.29, 0.717) is 17.2 Å². The molecule has 0 bridgehead atoms. The summed E-state index contributed by atoms with van der Waals surface area (Å²) in [5.74, 6) is -0.221. The summed E-state index contributed by atoms with van der Waals surface area (Å²) in [6.07, 6.45) is 8.19. The number of benzene rings is 1. The van der Waals surface area contributed by atoms with Gasteiger partial charge in [-0.3, -0.25) is 4.98 Å². The Balaban J connectivity index is 1.50. The fourth-order valence-corrected chi connectivity index (χ4v) is 4.79. The van der Waals surface area contributed by atoms with E-state index in [9.17, 15) is 12.8 Å². The van der Waals surface area contributed by atoms with Crippen LogP contribution in [0.2, 0.25) is 0 Å². The van der Waals surface area contributed by atoms with Crippen molar-refractivity contribution in [1.82, 2.24) is 19.6 Å². The van der Waals surface area contributed by atoms with Gasteiger partial charge >= 0.3 is 0 Å². The number of hydrogen-bond acceptors (Lipinski definition) is 8. The first-order valence-corrected chi connectivity index (χ1v) is 12.7. The predicted octanol–water partition coefficient (Wildman–Crippen LogP) is 3.00. The van der Waals surface area contributed by atoms with E-state index in [2.05, 4.69) is 25.3 Å². The molecule has 1 unspecified atom stereocenters. The summed E-state index contributed by atoms with van der Waals surface area (Å²) in [5, 5.41) is 7.86. The van der Waals surface area contributed by atoms with E-state index in [0.717, 1.165) is 49.6 Å². The van der Waals surface area contributed by atoms with Gasteiger partial charge in [-0.05, 0) is 49.2 Å². The van der Waals surface area contributed by atoms with E-state index >= 15 is 0 Å².